The zero-order valence-corrected chi connectivity index (χ0v) is 9.90. The van der Waals surface area contributed by atoms with Gasteiger partial charge in [0.2, 0.25) is 0 Å². The number of aromatic nitrogens is 2. The summed E-state index contributed by atoms with van der Waals surface area (Å²) in [6, 6.07) is 4.01. The Balaban J connectivity index is 2.13. The van der Waals surface area contributed by atoms with Gasteiger partial charge in [0.25, 0.3) is 0 Å². The van der Waals surface area contributed by atoms with Crippen LogP contribution in [0.15, 0.2) is 22.8 Å². The van der Waals surface area contributed by atoms with Crippen LogP contribution in [-0.4, -0.2) is 9.78 Å². The lowest BCUT2D eigenvalue weighted by Gasteiger charge is -2.08. The molecule has 2 aromatic rings. The number of furan rings is 1. The fourth-order valence-corrected chi connectivity index (χ4v) is 1.86. The molecule has 0 aliphatic heterocycles. The van der Waals surface area contributed by atoms with E-state index in [-0.39, 0.29) is 6.04 Å². The third-order valence-corrected chi connectivity index (χ3v) is 2.71. The van der Waals surface area contributed by atoms with Crippen LogP contribution in [0.5, 0.6) is 0 Å². The van der Waals surface area contributed by atoms with Crippen molar-refractivity contribution in [2.24, 2.45) is 12.8 Å². The summed E-state index contributed by atoms with van der Waals surface area (Å²) < 4.78 is 7.13. The zero-order valence-electron chi connectivity index (χ0n) is 9.90. The van der Waals surface area contributed by atoms with Crippen LogP contribution in [0.2, 0.25) is 0 Å². The number of nitrogens with zero attached hydrogens (tertiary/aromatic N) is 2. The fraction of sp³-hybridized carbons (Fsp3) is 0.417. The van der Waals surface area contributed by atoms with Gasteiger partial charge in [-0.05, 0) is 26.0 Å². The summed E-state index contributed by atoms with van der Waals surface area (Å²) in [5.74, 6) is 0.895. The number of aryl methyl sites for hydroxylation is 3. The SMILES string of the molecule is Cc1cc(CC(N)c2coc(C)c2)n(C)n1. The van der Waals surface area contributed by atoms with Gasteiger partial charge >= 0.3 is 0 Å². The minimum Gasteiger partial charge on any atom is -0.469 e. The smallest absolute Gasteiger partial charge is 0.101 e. The number of hydrogen-bond donors (Lipinski definition) is 1. The predicted octanol–water partition coefficient (Wildman–Crippen LogP) is 1.87. The van der Waals surface area contributed by atoms with E-state index in [4.69, 9.17) is 10.2 Å². The average molecular weight is 219 g/mol. The van der Waals surface area contributed by atoms with Crippen molar-refractivity contribution in [2.75, 3.05) is 0 Å². The first-order valence-corrected chi connectivity index (χ1v) is 5.36. The van der Waals surface area contributed by atoms with Crippen LogP contribution in [0.4, 0.5) is 0 Å². The van der Waals surface area contributed by atoms with Crippen molar-refractivity contribution in [1.82, 2.24) is 9.78 Å². The monoisotopic (exact) mass is 219 g/mol. The third kappa shape index (κ3) is 2.17. The van der Waals surface area contributed by atoms with Crippen LogP contribution in [0, 0.1) is 13.8 Å². The Morgan fingerprint density at radius 1 is 1.44 bits per heavy atom. The highest BCUT2D eigenvalue weighted by Crippen LogP contribution is 2.18. The Morgan fingerprint density at radius 3 is 2.69 bits per heavy atom. The van der Waals surface area contributed by atoms with Crippen LogP contribution in [-0.2, 0) is 13.5 Å². The highest BCUT2D eigenvalue weighted by molar-refractivity contribution is 5.19. The van der Waals surface area contributed by atoms with Gasteiger partial charge in [-0.25, -0.2) is 0 Å². The molecule has 2 heterocycles. The second-order valence-electron chi connectivity index (χ2n) is 4.20. The molecule has 0 bridgehead atoms. The Bertz CT molecular complexity index is 484. The van der Waals surface area contributed by atoms with Crippen molar-refractivity contribution in [1.29, 1.82) is 0 Å². The van der Waals surface area contributed by atoms with Gasteiger partial charge in [-0.3, -0.25) is 4.68 Å². The molecule has 1 atom stereocenters. The normalized spacial score (nSPS) is 13.0. The van der Waals surface area contributed by atoms with Gasteiger partial charge in [0.05, 0.1) is 12.0 Å². The molecule has 0 aromatic carbocycles. The molecule has 0 saturated heterocycles. The van der Waals surface area contributed by atoms with E-state index in [1.807, 2.05) is 31.6 Å². The molecule has 16 heavy (non-hydrogen) atoms. The van der Waals surface area contributed by atoms with Crippen LogP contribution >= 0.6 is 0 Å². The molecule has 1 unspecified atom stereocenters. The predicted molar refractivity (Wildman–Crippen MR) is 62.0 cm³/mol. The summed E-state index contributed by atoms with van der Waals surface area (Å²) in [6.45, 7) is 3.90. The van der Waals surface area contributed by atoms with E-state index < -0.39 is 0 Å². The lowest BCUT2D eigenvalue weighted by Crippen LogP contribution is -2.14. The summed E-state index contributed by atoms with van der Waals surface area (Å²) >= 11 is 0. The minimum atomic E-state index is -0.0350. The first-order valence-electron chi connectivity index (χ1n) is 5.36. The highest BCUT2D eigenvalue weighted by atomic mass is 16.3. The fourth-order valence-electron chi connectivity index (χ4n) is 1.86. The summed E-state index contributed by atoms with van der Waals surface area (Å²) in [5, 5.41) is 4.30. The zero-order chi connectivity index (χ0) is 11.7. The quantitative estimate of drug-likeness (QED) is 0.857. The van der Waals surface area contributed by atoms with Gasteiger partial charge in [0.1, 0.15) is 5.76 Å². The van der Waals surface area contributed by atoms with Crippen LogP contribution in [0.25, 0.3) is 0 Å². The number of nitrogens with two attached hydrogens (primary N) is 1. The van der Waals surface area contributed by atoms with Crippen molar-refractivity contribution in [3.05, 3.63) is 41.1 Å². The molecule has 4 nitrogen and oxygen atoms in total. The Kier molecular flexibility index (Phi) is 2.83. The molecular formula is C12H17N3O. The topological polar surface area (TPSA) is 57.0 Å². The first-order chi connectivity index (χ1) is 7.56. The van der Waals surface area contributed by atoms with Crippen molar-refractivity contribution in [3.63, 3.8) is 0 Å². The molecule has 86 valence electrons. The third-order valence-electron chi connectivity index (χ3n) is 2.71. The summed E-state index contributed by atoms with van der Waals surface area (Å²) in [7, 11) is 1.94. The maximum atomic E-state index is 6.12. The molecule has 0 aliphatic carbocycles. The van der Waals surface area contributed by atoms with Crippen molar-refractivity contribution in [3.8, 4) is 0 Å². The van der Waals surface area contributed by atoms with E-state index in [1.165, 1.54) is 0 Å². The van der Waals surface area contributed by atoms with E-state index in [1.54, 1.807) is 6.26 Å². The second-order valence-corrected chi connectivity index (χ2v) is 4.20. The Morgan fingerprint density at radius 2 is 2.19 bits per heavy atom. The Hall–Kier alpha value is -1.55. The van der Waals surface area contributed by atoms with Crippen molar-refractivity contribution < 1.29 is 4.42 Å². The van der Waals surface area contributed by atoms with E-state index in [2.05, 4.69) is 11.2 Å². The van der Waals surface area contributed by atoms with Gasteiger partial charge in [-0.2, -0.15) is 5.10 Å². The van der Waals surface area contributed by atoms with Crippen molar-refractivity contribution >= 4 is 0 Å². The van der Waals surface area contributed by atoms with Crippen molar-refractivity contribution in [2.45, 2.75) is 26.3 Å². The first kappa shape index (κ1) is 11.0. The molecule has 0 radical (unpaired) electrons. The molecule has 0 aliphatic rings. The van der Waals surface area contributed by atoms with E-state index in [9.17, 15) is 0 Å². The summed E-state index contributed by atoms with van der Waals surface area (Å²) in [4.78, 5) is 0. The minimum absolute atomic E-state index is 0.0350. The summed E-state index contributed by atoms with van der Waals surface area (Å²) in [6.07, 6.45) is 2.50. The van der Waals surface area contributed by atoms with Crippen LogP contribution in [0.1, 0.15) is 28.8 Å². The second kappa shape index (κ2) is 4.14. The molecule has 2 N–H and O–H groups in total. The van der Waals surface area contributed by atoms with Gasteiger partial charge in [-0.1, -0.05) is 0 Å². The molecule has 2 aromatic heterocycles. The highest BCUT2D eigenvalue weighted by Gasteiger charge is 2.12. The largest absolute Gasteiger partial charge is 0.469 e. The lowest BCUT2D eigenvalue weighted by molar-refractivity contribution is 0.527. The molecular weight excluding hydrogens is 202 g/mol. The van der Waals surface area contributed by atoms with Gasteiger partial charge in [0, 0.05) is 30.8 Å². The van der Waals surface area contributed by atoms with Gasteiger partial charge in [-0.15, -0.1) is 0 Å². The lowest BCUT2D eigenvalue weighted by atomic mass is 10.1. The van der Waals surface area contributed by atoms with E-state index in [0.717, 1.165) is 29.1 Å². The van der Waals surface area contributed by atoms with E-state index in [0.29, 0.717) is 0 Å². The standard InChI is InChI=1S/C12H17N3O/c1-8-4-11(15(3)14-8)6-12(13)10-5-9(2)16-7-10/h4-5,7,12H,6,13H2,1-3H3. The molecule has 4 heteroatoms. The molecule has 0 spiro atoms. The Labute approximate surface area is 95.1 Å². The summed E-state index contributed by atoms with van der Waals surface area (Å²) in [5.41, 5.74) is 9.32. The maximum Gasteiger partial charge on any atom is 0.101 e. The number of rotatable bonds is 3. The molecule has 0 saturated carbocycles. The number of hydrogen-bond acceptors (Lipinski definition) is 3. The van der Waals surface area contributed by atoms with Gasteiger partial charge < -0.3 is 10.2 Å². The molecule has 0 amide bonds. The van der Waals surface area contributed by atoms with E-state index >= 15 is 0 Å². The maximum absolute atomic E-state index is 6.12. The molecule has 2 rings (SSSR count). The average Bonchev–Trinajstić information content (AvgIpc) is 2.74. The van der Waals surface area contributed by atoms with Gasteiger partial charge in [0.15, 0.2) is 0 Å². The molecule has 0 fully saturated rings. The van der Waals surface area contributed by atoms with Crippen LogP contribution < -0.4 is 5.73 Å². The van der Waals surface area contributed by atoms with Crippen LogP contribution in [0.3, 0.4) is 0 Å².